The smallest absolute Gasteiger partial charge is 0.147 e. The van der Waals surface area contributed by atoms with Crippen molar-refractivity contribution in [1.82, 2.24) is 0 Å². The van der Waals surface area contributed by atoms with Crippen LogP contribution in [-0.4, -0.2) is 19.3 Å². The van der Waals surface area contributed by atoms with Crippen LogP contribution in [0.1, 0.15) is 25.3 Å². The summed E-state index contributed by atoms with van der Waals surface area (Å²) < 4.78 is 10.5. The van der Waals surface area contributed by atoms with E-state index in [9.17, 15) is 5.11 Å². The largest absolute Gasteiger partial charge is 0.498 e. The summed E-state index contributed by atoms with van der Waals surface area (Å²) in [6.45, 7) is 2.00. The quantitative estimate of drug-likeness (QED) is 0.873. The van der Waals surface area contributed by atoms with Gasteiger partial charge in [-0.2, -0.15) is 0 Å². The second-order valence-electron chi connectivity index (χ2n) is 4.40. The van der Waals surface area contributed by atoms with E-state index in [0.717, 1.165) is 23.3 Å². The molecule has 0 amide bonds. The molecule has 3 heteroatoms. The van der Waals surface area contributed by atoms with Gasteiger partial charge in [-0.15, -0.1) is 0 Å². The minimum absolute atomic E-state index is 0.675. The topological polar surface area (TPSA) is 38.7 Å². The van der Waals surface area contributed by atoms with Gasteiger partial charge in [0, 0.05) is 0 Å². The van der Waals surface area contributed by atoms with E-state index in [1.165, 1.54) is 0 Å². The molecule has 1 unspecified atom stereocenters. The first kappa shape index (κ1) is 12.0. The Hall–Kier alpha value is -1.48. The highest BCUT2D eigenvalue weighted by Gasteiger charge is 2.40. The molecule has 0 fully saturated rings. The van der Waals surface area contributed by atoms with Crippen molar-refractivity contribution in [2.75, 3.05) is 14.2 Å². The highest BCUT2D eigenvalue weighted by Crippen LogP contribution is 2.43. The summed E-state index contributed by atoms with van der Waals surface area (Å²) in [6, 6.07) is 7.48. The molecule has 1 atom stereocenters. The molecular formula is C14H18O3. The van der Waals surface area contributed by atoms with Crippen LogP contribution >= 0.6 is 0 Å². The summed E-state index contributed by atoms with van der Waals surface area (Å²) in [5.74, 6) is 1.47. The molecule has 0 saturated heterocycles. The molecular weight excluding hydrogens is 216 g/mol. The van der Waals surface area contributed by atoms with Crippen LogP contribution < -0.4 is 4.74 Å². The maximum Gasteiger partial charge on any atom is 0.147 e. The van der Waals surface area contributed by atoms with Gasteiger partial charge in [0.1, 0.15) is 17.1 Å². The Balaban J connectivity index is 2.38. The van der Waals surface area contributed by atoms with E-state index in [1.807, 2.05) is 31.2 Å². The lowest BCUT2D eigenvalue weighted by Gasteiger charge is -2.26. The Bertz CT molecular complexity index is 433. The number of ether oxygens (including phenoxy) is 2. The molecule has 2 rings (SSSR count). The fraction of sp³-hybridized carbons (Fsp3) is 0.429. The zero-order valence-corrected chi connectivity index (χ0v) is 10.5. The Labute approximate surface area is 102 Å². The van der Waals surface area contributed by atoms with Crippen molar-refractivity contribution in [3.05, 3.63) is 41.2 Å². The predicted molar refractivity (Wildman–Crippen MR) is 65.8 cm³/mol. The van der Waals surface area contributed by atoms with E-state index >= 15 is 0 Å². The van der Waals surface area contributed by atoms with Crippen molar-refractivity contribution in [2.24, 2.45) is 0 Å². The Kier molecular flexibility index (Phi) is 3.11. The van der Waals surface area contributed by atoms with E-state index in [0.29, 0.717) is 12.2 Å². The molecule has 1 N–H and O–H groups in total. The fourth-order valence-corrected chi connectivity index (χ4v) is 2.43. The summed E-state index contributed by atoms with van der Waals surface area (Å²) >= 11 is 0. The number of allylic oxidation sites excluding steroid dienone is 1. The number of hydrogen-bond acceptors (Lipinski definition) is 3. The number of methoxy groups -OCH3 is 2. The molecule has 1 aliphatic carbocycles. The third-order valence-corrected chi connectivity index (χ3v) is 3.40. The van der Waals surface area contributed by atoms with E-state index in [-0.39, 0.29) is 0 Å². The first-order valence-electron chi connectivity index (χ1n) is 5.73. The van der Waals surface area contributed by atoms with Gasteiger partial charge in [-0.3, -0.25) is 0 Å². The third kappa shape index (κ3) is 1.91. The van der Waals surface area contributed by atoms with E-state index < -0.39 is 5.60 Å². The summed E-state index contributed by atoms with van der Waals surface area (Å²) in [7, 11) is 3.24. The average molecular weight is 234 g/mol. The van der Waals surface area contributed by atoms with E-state index in [2.05, 4.69) is 0 Å². The molecule has 0 radical (unpaired) electrons. The van der Waals surface area contributed by atoms with Crippen molar-refractivity contribution < 1.29 is 14.6 Å². The van der Waals surface area contributed by atoms with Gasteiger partial charge in [0.05, 0.1) is 14.2 Å². The standard InChI is InChI=1S/C14H18O3/c1-10-8-9-14(15,13(10)17-3)11-4-6-12(16-2)7-5-11/h4-7,15H,8-9H2,1-3H3. The maximum atomic E-state index is 10.7. The molecule has 0 heterocycles. The first-order valence-corrected chi connectivity index (χ1v) is 5.73. The highest BCUT2D eigenvalue weighted by atomic mass is 16.5. The predicted octanol–water partition coefficient (Wildman–Crippen LogP) is 2.60. The van der Waals surface area contributed by atoms with Crippen molar-refractivity contribution in [3.63, 3.8) is 0 Å². The number of rotatable bonds is 3. The van der Waals surface area contributed by atoms with Crippen LogP contribution in [0.2, 0.25) is 0 Å². The highest BCUT2D eigenvalue weighted by molar-refractivity contribution is 5.39. The molecule has 0 spiro atoms. The van der Waals surface area contributed by atoms with Gasteiger partial charge in [-0.25, -0.2) is 0 Å². The lowest BCUT2D eigenvalue weighted by atomic mass is 9.92. The first-order chi connectivity index (χ1) is 8.11. The SMILES string of the molecule is COC1=C(C)CCC1(O)c1ccc(OC)cc1. The molecule has 0 aliphatic heterocycles. The normalized spacial score (nSPS) is 24.0. The second-order valence-corrected chi connectivity index (χ2v) is 4.40. The molecule has 3 nitrogen and oxygen atoms in total. The Morgan fingerprint density at radius 1 is 1.12 bits per heavy atom. The molecule has 0 aromatic heterocycles. The minimum Gasteiger partial charge on any atom is -0.498 e. The van der Waals surface area contributed by atoms with Gasteiger partial charge in [0.2, 0.25) is 0 Å². The zero-order valence-electron chi connectivity index (χ0n) is 10.5. The lowest BCUT2D eigenvalue weighted by Crippen LogP contribution is -2.26. The molecule has 1 aromatic carbocycles. The van der Waals surface area contributed by atoms with Gasteiger partial charge < -0.3 is 14.6 Å². The molecule has 0 saturated carbocycles. The van der Waals surface area contributed by atoms with Gasteiger partial charge in [0.15, 0.2) is 0 Å². The molecule has 1 aromatic rings. The summed E-state index contributed by atoms with van der Waals surface area (Å²) in [5.41, 5.74) is 0.989. The van der Waals surface area contributed by atoms with Crippen LogP contribution in [0.25, 0.3) is 0 Å². The summed E-state index contributed by atoms with van der Waals surface area (Å²) in [5, 5.41) is 10.7. The number of hydrogen-bond donors (Lipinski definition) is 1. The number of benzene rings is 1. The van der Waals surface area contributed by atoms with Crippen LogP contribution in [0.3, 0.4) is 0 Å². The minimum atomic E-state index is -0.981. The van der Waals surface area contributed by atoms with Crippen molar-refractivity contribution in [1.29, 1.82) is 0 Å². The monoisotopic (exact) mass is 234 g/mol. The van der Waals surface area contributed by atoms with Gasteiger partial charge >= 0.3 is 0 Å². The van der Waals surface area contributed by atoms with Crippen LogP contribution in [0.15, 0.2) is 35.6 Å². The average Bonchev–Trinajstić information content (AvgIpc) is 2.66. The van der Waals surface area contributed by atoms with Gasteiger partial charge in [0.25, 0.3) is 0 Å². The molecule has 1 aliphatic rings. The summed E-state index contributed by atoms with van der Waals surface area (Å²) in [4.78, 5) is 0. The lowest BCUT2D eigenvalue weighted by molar-refractivity contribution is 0.0235. The van der Waals surface area contributed by atoms with Crippen molar-refractivity contribution in [2.45, 2.75) is 25.4 Å². The fourth-order valence-electron chi connectivity index (χ4n) is 2.43. The van der Waals surface area contributed by atoms with Crippen LogP contribution in [0, 0.1) is 0 Å². The maximum absolute atomic E-state index is 10.7. The zero-order chi connectivity index (χ0) is 12.5. The second kappa shape index (κ2) is 4.41. The van der Waals surface area contributed by atoms with E-state index in [1.54, 1.807) is 14.2 Å². The van der Waals surface area contributed by atoms with Crippen LogP contribution in [0.5, 0.6) is 5.75 Å². The molecule has 17 heavy (non-hydrogen) atoms. The third-order valence-electron chi connectivity index (χ3n) is 3.40. The van der Waals surface area contributed by atoms with Crippen molar-refractivity contribution >= 4 is 0 Å². The van der Waals surface area contributed by atoms with Gasteiger partial charge in [-0.1, -0.05) is 12.1 Å². The van der Waals surface area contributed by atoms with Crippen molar-refractivity contribution in [3.8, 4) is 5.75 Å². The Morgan fingerprint density at radius 2 is 1.76 bits per heavy atom. The number of aliphatic hydroxyl groups is 1. The van der Waals surface area contributed by atoms with Gasteiger partial charge in [-0.05, 0) is 43.0 Å². The Morgan fingerprint density at radius 3 is 2.29 bits per heavy atom. The van der Waals surface area contributed by atoms with E-state index in [4.69, 9.17) is 9.47 Å². The van der Waals surface area contributed by atoms with Crippen LogP contribution in [0.4, 0.5) is 0 Å². The van der Waals surface area contributed by atoms with Crippen LogP contribution in [-0.2, 0) is 10.3 Å². The summed E-state index contributed by atoms with van der Waals surface area (Å²) in [6.07, 6.45) is 1.54. The molecule has 92 valence electrons. The molecule has 0 bridgehead atoms.